The Morgan fingerprint density at radius 1 is 1.00 bits per heavy atom. The molecule has 0 saturated carbocycles. The number of nitrogens with one attached hydrogen (secondary N) is 1. The molecule has 166 valence electrons. The van der Waals surface area contributed by atoms with Crippen molar-refractivity contribution >= 4 is 42.2 Å². The smallest absolute Gasteiger partial charge is 0.250 e. The van der Waals surface area contributed by atoms with Gasteiger partial charge in [-0.15, -0.1) is 11.3 Å². The molecule has 5 nitrogen and oxygen atoms in total. The van der Waals surface area contributed by atoms with Gasteiger partial charge in [-0.25, -0.2) is 13.1 Å². The highest BCUT2D eigenvalue weighted by atomic mass is 32.2. The molecule has 1 fully saturated rings. The van der Waals surface area contributed by atoms with E-state index in [4.69, 9.17) is 4.74 Å². The molecule has 1 aromatic heterocycles. The molecule has 7 heteroatoms. The van der Waals surface area contributed by atoms with Gasteiger partial charge in [-0.05, 0) is 47.9 Å². The monoisotopic (exact) mass is 466 g/mol. The van der Waals surface area contributed by atoms with Crippen LogP contribution in [0.3, 0.4) is 0 Å². The zero-order valence-electron chi connectivity index (χ0n) is 17.7. The second-order valence-electron chi connectivity index (χ2n) is 8.24. The topological polar surface area (TPSA) is 58.6 Å². The first kappa shape index (κ1) is 21.4. The predicted octanol–water partition coefficient (Wildman–Crippen LogP) is 4.73. The summed E-state index contributed by atoms with van der Waals surface area (Å²) in [5.41, 5.74) is 0. The van der Waals surface area contributed by atoms with Crippen molar-refractivity contribution in [2.45, 2.75) is 10.6 Å². The first-order valence-electron chi connectivity index (χ1n) is 10.9. The number of hydrogen-bond donors (Lipinski definition) is 1. The fourth-order valence-corrected chi connectivity index (χ4v) is 6.84. The van der Waals surface area contributed by atoms with E-state index in [2.05, 4.69) is 27.8 Å². The quantitative estimate of drug-likeness (QED) is 0.408. The lowest BCUT2D eigenvalue weighted by atomic mass is 10.1. The van der Waals surface area contributed by atoms with Crippen LogP contribution in [-0.4, -0.2) is 46.1 Å². The zero-order valence-corrected chi connectivity index (χ0v) is 19.4. The maximum absolute atomic E-state index is 12.7. The number of hydrogen-bond acceptors (Lipinski definition) is 5. The summed E-state index contributed by atoms with van der Waals surface area (Å²) in [4.78, 5) is 2.35. The number of rotatable bonds is 8. The molecule has 5 rings (SSSR count). The minimum atomic E-state index is -3.48. The largest absolute Gasteiger partial charge is 0.492 e. The Balaban J connectivity index is 1.11. The van der Waals surface area contributed by atoms with E-state index in [1.807, 2.05) is 48.5 Å². The van der Waals surface area contributed by atoms with Crippen LogP contribution in [0.4, 0.5) is 0 Å². The zero-order chi connectivity index (χ0) is 22.0. The Morgan fingerprint density at radius 3 is 2.66 bits per heavy atom. The molecule has 0 bridgehead atoms. The lowest BCUT2D eigenvalue weighted by molar-refractivity contribution is 0.234. The summed E-state index contributed by atoms with van der Waals surface area (Å²) in [7, 11) is -3.48. The van der Waals surface area contributed by atoms with Crippen LogP contribution < -0.4 is 9.46 Å². The lowest BCUT2D eigenvalue weighted by Gasteiger charge is -2.17. The molecule has 4 aromatic rings. The summed E-state index contributed by atoms with van der Waals surface area (Å²) < 4.78 is 35.8. The van der Waals surface area contributed by atoms with Crippen LogP contribution in [0.15, 0.2) is 77.0 Å². The number of fused-ring (bicyclic) bond motifs is 2. The summed E-state index contributed by atoms with van der Waals surface area (Å²) >= 11 is 1.32. The van der Waals surface area contributed by atoms with Gasteiger partial charge in [-0.1, -0.05) is 54.6 Å². The number of sulfonamides is 1. The average molecular weight is 467 g/mol. The van der Waals surface area contributed by atoms with Crippen LogP contribution in [0.2, 0.25) is 0 Å². The number of thiophene rings is 1. The minimum absolute atomic E-state index is 0.316. The highest BCUT2D eigenvalue weighted by Gasteiger charge is 2.25. The fraction of sp³-hybridized carbons (Fsp3) is 0.280. The van der Waals surface area contributed by atoms with Gasteiger partial charge in [-0.3, -0.25) is 4.90 Å². The maximum atomic E-state index is 12.7. The van der Waals surface area contributed by atoms with Gasteiger partial charge >= 0.3 is 0 Å². The highest BCUT2D eigenvalue weighted by molar-refractivity contribution is 7.91. The van der Waals surface area contributed by atoms with Crippen molar-refractivity contribution < 1.29 is 13.2 Å². The van der Waals surface area contributed by atoms with Crippen molar-refractivity contribution in [2.75, 3.05) is 32.8 Å². The van der Waals surface area contributed by atoms with Crippen LogP contribution in [0, 0.1) is 5.92 Å². The van der Waals surface area contributed by atoms with E-state index in [1.165, 1.54) is 16.7 Å². The number of benzene rings is 3. The minimum Gasteiger partial charge on any atom is -0.492 e. The van der Waals surface area contributed by atoms with Gasteiger partial charge in [0, 0.05) is 29.7 Å². The molecular weight excluding hydrogens is 440 g/mol. The van der Waals surface area contributed by atoms with Crippen LogP contribution in [0.1, 0.15) is 6.42 Å². The molecule has 2 heterocycles. The fourth-order valence-electron chi connectivity index (χ4n) is 4.28. The van der Waals surface area contributed by atoms with E-state index in [-0.39, 0.29) is 0 Å². The van der Waals surface area contributed by atoms with E-state index in [0.29, 0.717) is 23.3 Å². The number of nitrogens with zero attached hydrogens (tertiary/aromatic N) is 1. The van der Waals surface area contributed by atoms with Crippen molar-refractivity contribution in [3.05, 3.63) is 72.8 Å². The molecule has 0 spiro atoms. The van der Waals surface area contributed by atoms with Gasteiger partial charge in [0.05, 0.1) is 0 Å². The SMILES string of the molecule is O=S(=O)(NCC1CCN(CCOc2cccc3ccccc23)C1)c1cc2ccccc2s1. The summed E-state index contributed by atoms with van der Waals surface area (Å²) in [6.07, 6.45) is 0.989. The van der Waals surface area contributed by atoms with E-state index in [0.717, 1.165) is 47.3 Å². The van der Waals surface area contributed by atoms with Crippen LogP contribution in [0.5, 0.6) is 5.75 Å². The third kappa shape index (κ3) is 4.66. The summed E-state index contributed by atoms with van der Waals surface area (Å²) in [6, 6.07) is 23.9. The van der Waals surface area contributed by atoms with Crippen molar-refractivity contribution in [1.29, 1.82) is 0 Å². The molecule has 1 saturated heterocycles. The molecule has 1 aliphatic rings. The summed E-state index contributed by atoms with van der Waals surface area (Å²) in [5, 5.41) is 3.28. The van der Waals surface area contributed by atoms with E-state index < -0.39 is 10.0 Å². The second-order valence-corrected chi connectivity index (χ2v) is 11.3. The van der Waals surface area contributed by atoms with Crippen LogP contribution >= 0.6 is 11.3 Å². The number of likely N-dealkylation sites (tertiary alicyclic amines) is 1. The maximum Gasteiger partial charge on any atom is 0.250 e. The van der Waals surface area contributed by atoms with Gasteiger partial charge in [0.25, 0.3) is 0 Å². The lowest BCUT2D eigenvalue weighted by Crippen LogP contribution is -2.31. The van der Waals surface area contributed by atoms with Crippen molar-refractivity contribution in [3.8, 4) is 5.75 Å². The van der Waals surface area contributed by atoms with Crippen molar-refractivity contribution in [1.82, 2.24) is 9.62 Å². The van der Waals surface area contributed by atoms with E-state index in [9.17, 15) is 8.42 Å². The van der Waals surface area contributed by atoms with E-state index in [1.54, 1.807) is 6.07 Å². The van der Waals surface area contributed by atoms with Gasteiger partial charge in [-0.2, -0.15) is 0 Å². The van der Waals surface area contributed by atoms with Gasteiger partial charge in [0.1, 0.15) is 16.6 Å². The van der Waals surface area contributed by atoms with Crippen molar-refractivity contribution in [3.63, 3.8) is 0 Å². The Morgan fingerprint density at radius 2 is 1.78 bits per heavy atom. The normalized spacial score (nSPS) is 17.3. The van der Waals surface area contributed by atoms with Crippen LogP contribution in [0.25, 0.3) is 20.9 Å². The summed E-state index contributed by atoms with van der Waals surface area (Å²) in [6.45, 7) is 3.77. The predicted molar refractivity (Wildman–Crippen MR) is 131 cm³/mol. The molecule has 1 atom stereocenters. The molecule has 0 amide bonds. The first-order chi connectivity index (χ1) is 15.6. The van der Waals surface area contributed by atoms with E-state index >= 15 is 0 Å². The Kier molecular flexibility index (Phi) is 6.15. The average Bonchev–Trinajstić information content (AvgIpc) is 3.45. The molecule has 1 unspecified atom stereocenters. The molecule has 32 heavy (non-hydrogen) atoms. The third-order valence-corrected chi connectivity index (χ3v) is 9.03. The third-order valence-electron chi connectivity index (χ3n) is 6.01. The first-order valence-corrected chi connectivity index (χ1v) is 13.2. The molecule has 0 radical (unpaired) electrons. The van der Waals surface area contributed by atoms with Gasteiger partial charge < -0.3 is 4.74 Å². The standard InChI is InChI=1S/C25H26N2O3S2/c28-32(29,25-16-21-7-2-4-11-24(21)31-25)26-17-19-12-13-27(18-19)14-15-30-23-10-5-8-20-6-1-3-9-22(20)23/h1-11,16,19,26H,12-15,17-18H2. The van der Waals surface area contributed by atoms with Crippen LogP contribution in [-0.2, 0) is 10.0 Å². The van der Waals surface area contributed by atoms with Crippen molar-refractivity contribution in [2.24, 2.45) is 5.92 Å². The molecular formula is C25H26N2O3S2. The van der Waals surface area contributed by atoms with Gasteiger partial charge in [0.15, 0.2) is 0 Å². The molecule has 1 aliphatic heterocycles. The second kappa shape index (κ2) is 9.19. The Hall–Kier alpha value is -2.45. The summed E-state index contributed by atoms with van der Waals surface area (Å²) in [5.74, 6) is 1.23. The van der Waals surface area contributed by atoms with Gasteiger partial charge in [0.2, 0.25) is 10.0 Å². The molecule has 0 aliphatic carbocycles. The Labute approximate surface area is 192 Å². The highest BCUT2D eigenvalue weighted by Crippen LogP contribution is 2.29. The Bertz CT molecular complexity index is 1300. The molecule has 3 aromatic carbocycles. The molecule has 1 N–H and O–H groups in total. The number of ether oxygens (including phenoxy) is 1.